The fourth-order valence-electron chi connectivity index (χ4n) is 2.11. The van der Waals surface area contributed by atoms with Gasteiger partial charge in [-0.3, -0.25) is 4.79 Å². The number of aromatic nitrogens is 1. The van der Waals surface area contributed by atoms with Crippen molar-refractivity contribution >= 4 is 22.4 Å². The lowest BCUT2D eigenvalue weighted by Crippen LogP contribution is -2.43. The van der Waals surface area contributed by atoms with E-state index in [9.17, 15) is 4.79 Å². The zero-order valence-electron chi connectivity index (χ0n) is 10.9. The number of nitrogens with one attached hydrogen (secondary N) is 1. The zero-order valence-corrected chi connectivity index (χ0v) is 11.7. The number of carbonyl (C=O) groups excluding carboxylic acids is 1. The number of amides is 1. The van der Waals surface area contributed by atoms with Gasteiger partial charge in [-0.05, 0) is 38.4 Å². The molecule has 0 aliphatic carbocycles. The first-order valence-corrected chi connectivity index (χ1v) is 7.04. The molecule has 2 heterocycles. The van der Waals surface area contributed by atoms with Crippen LogP contribution >= 0.6 is 11.3 Å². The highest BCUT2D eigenvalue weighted by molar-refractivity contribution is 7.13. The zero-order chi connectivity index (χ0) is 13.2. The molecule has 1 aliphatic heterocycles. The maximum atomic E-state index is 11.9. The van der Waals surface area contributed by atoms with Crippen LogP contribution in [0.15, 0.2) is 5.38 Å². The Hall–Kier alpha value is -1.14. The van der Waals surface area contributed by atoms with Crippen molar-refractivity contribution in [3.05, 3.63) is 11.1 Å². The van der Waals surface area contributed by atoms with E-state index in [0.29, 0.717) is 17.4 Å². The summed E-state index contributed by atoms with van der Waals surface area (Å²) in [6.07, 6.45) is 2.23. The maximum Gasteiger partial charge on any atom is 0.270 e. The van der Waals surface area contributed by atoms with Gasteiger partial charge in [0.2, 0.25) is 0 Å². The molecule has 1 aromatic rings. The smallest absolute Gasteiger partial charge is 0.270 e. The lowest BCUT2D eigenvalue weighted by molar-refractivity contribution is 0.0887. The quantitative estimate of drug-likeness (QED) is 0.864. The minimum absolute atomic E-state index is 0.122. The van der Waals surface area contributed by atoms with Crippen molar-refractivity contribution < 1.29 is 4.79 Å². The van der Waals surface area contributed by atoms with Crippen LogP contribution in [0.25, 0.3) is 0 Å². The Morgan fingerprint density at radius 3 is 2.83 bits per heavy atom. The number of rotatable bonds is 3. The molecule has 1 aliphatic rings. The molecule has 18 heavy (non-hydrogen) atoms. The summed E-state index contributed by atoms with van der Waals surface area (Å²) in [5.74, 6) is -0.122. The molecule has 0 atom stereocenters. The third-order valence-electron chi connectivity index (χ3n) is 3.62. The van der Waals surface area contributed by atoms with Gasteiger partial charge in [0.25, 0.3) is 5.91 Å². The molecular weight excluding hydrogens is 248 g/mol. The molecule has 2 rings (SSSR count). The molecule has 0 bridgehead atoms. The van der Waals surface area contributed by atoms with Crippen LogP contribution in [0.2, 0.25) is 0 Å². The minimum Gasteiger partial charge on any atom is -0.375 e. The summed E-state index contributed by atoms with van der Waals surface area (Å²) in [5, 5.41) is 5.10. The number of nitrogens with zero attached hydrogens (tertiary/aromatic N) is 2. The number of thiazole rings is 1. The molecule has 5 nitrogen and oxygen atoms in total. The highest BCUT2D eigenvalue weighted by atomic mass is 32.1. The van der Waals surface area contributed by atoms with Gasteiger partial charge in [0.05, 0.1) is 0 Å². The Balaban J connectivity index is 1.86. The summed E-state index contributed by atoms with van der Waals surface area (Å²) >= 11 is 1.29. The van der Waals surface area contributed by atoms with Gasteiger partial charge in [-0.1, -0.05) is 6.92 Å². The third kappa shape index (κ3) is 3.20. The molecule has 1 amide bonds. The van der Waals surface area contributed by atoms with E-state index in [-0.39, 0.29) is 11.3 Å². The summed E-state index contributed by atoms with van der Waals surface area (Å²) in [4.78, 5) is 18.2. The van der Waals surface area contributed by atoms with Crippen molar-refractivity contribution in [2.24, 2.45) is 5.41 Å². The van der Waals surface area contributed by atoms with Crippen molar-refractivity contribution in [2.75, 3.05) is 32.4 Å². The van der Waals surface area contributed by atoms with E-state index in [0.717, 1.165) is 25.9 Å². The SMILES string of the molecule is CN1CCC(C)(CNC(=O)c2csc(N)n2)CC1. The van der Waals surface area contributed by atoms with Crippen LogP contribution in [0.3, 0.4) is 0 Å². The van der Waals surface area contributed by atoms with E-state index in [1.54, 1.807) is 5.38 Å². The molecule has 1 aromatic heterocycles. The second-order valence-electron chi connectivity index (χ2n) is 5.37. The van der Waals surface area contributed by atoms with Crippen molar-refractivity contribution in [1.29, 1.82) is 0 Å². The lowest BCUT2D eigenvalue weighted by Gasteiger charge is -2.37. The van der Waals surface area contributed by atoms with Crippen molar-refractivity contribution in [1.82, 2.24) is 15.2 Å². The van der Waals surface area contributed by atoms with Crippen LogP contribution in [-0.4, -0.2) is 42.5 Å². The van der Waals surface area contributed by atoms with E-state index >= 15 is 0 Å². The molecular formula is C12H20N4OS. The van der Waals surface area contributed by atoms with E-state index in [2.05, 4.69) is 29.2 Å². The second kappa shape index (κ2) is 5.24. The van der Waals surface area contributed by atoms with Gasteiger partial charge in [-0.15, -0.1) is 11.3 Å². The van der Waals surface area contributed by atoms with Crippen LogP contribution in [0, 0.1) is 5.41 Å². The molecule has 1 saturated heterocycles. The molecule has 1 fully saturated rings. The number of nitrogens with two attached hydrogens (primary N) is 1. The van der Waals surface area contributed by atoms with Crippen LogP contribution < -0.4 is 11.1 Å². The summed E-state index contributed by atoms with van der Waals surface area (Å²) in [6.45, 7) is 5.12. The van der Waals surface area contributed by atoms with Gasteiger partial charge in [0, 0.05) is 11.9 Å². The van der Waals surface area contributed by atoms with Crippen LogP contribution in [-0.2, 0) is 0 Å². The van der Waals surface area contributed by atoms with Crippen LogP contribution in [0.5, 0.6) is 0 Å². The monoisotopic (exact) mass is 268 g/mol. The van der Waals surface area contributed by atoms with Crippen molar-refractivity contribution in [3.63, 3.8) is 0 Å². The number of hydrogen-bond donors (Lipinski definition) is 2. The topological polar surface area (TPSA) is 71.2 Å². The molecule has 0 unspecified atom stereocenters. The summed E-state index contributed by atoms with van der Waals surface area (Å²) < 4.78 is 0. The Bertz CT molecular complexity index is 423. The van der Waals surface area contributed by atoms with Gasteiger partial charge < -0.3 is 16.0 Å². The molecule has 0 aromatic carbocycles. The molecule has 0 saturated carbocycles. The second-order valence-corrected chi connectivity index (χ2v) is 6.26. The van der Waals surface area contributed by atoms with Gasteiger partial charge >= 0.3 is 0 Å². The number of carbonyl (C=O) groups is 1. The Morgan fingerprint density at radius 1 is 1.61 bits per heavy atom. The van der Waals surface area contributed by atoms with E-state index in [1.165, 1.54) is 11.3 Å². The Labute approximate surface area is 111 Å². The summed E-state index contributed by atoms with van der Waals surface area (Å²) in [5.41, 5.74) is 6.14. The average molecular weight is 268 g/mol. The van der Waals surface area contributed by atoms with Crippen molar-refractivity contribution in [3.8, 4) is 0 Å². The van der Waals surface area contributed by atoms with Crippen molar-refractivity contribution in [2.45, 2.75) is 19.8 Å². The molecule has 100 valence electrons. The Kier molecular flexibility index (Phi) is 3.87. The molecule has 0 radical (unpaired) electrons. The minimum atomic E-state index is -0.122. The largest absolute Gasteiger partial charge is 0.375 e. The number of piperidine rings is 1. The van der Waals surface area contributed by atoms with E-state index in [4.69, 9.17) is 5.73 Å². The van der Waals surface area contributed by atoms with Gasteiger partial charge in [-0.2, -0.15) is 0 Å². The first-order valence-electron chi connectivity index (χ1n) is 6.16. The summed E-state index contributed by atoms with van der Waals surface area (Å²) in [7, 11) is 2.14. The van der Waals surface area contributed by atoms with Crippen LogP contribution in [0.1, 0.15) is 30.3 Å². The molecule has 3 N–H and O–H groups in total. The number of anilines is 1. The number of nitrogen functional groups attached to an aromatic ring is 1. The number of hydrogen-bond acceptors (Lipinski definition) is 5. The van der Waals surface area contributed by atoms with Gasteiger partial charge in [-0.25, -0.2) is 4.98 Å². The van der Waals surface area contributed by atoms with Gasteiger partial charge in [0.1, 0.15) is 5.69 Å². The highest BCUT2D eigenvalue weighted by Crippen LogP contribution is 2.29. The average Bonchev–Trinajstić information content (AvgIpc) is 2.77. The van der Waals surface area contributed by atoms with E-state index < -0.39 is 0 Å². The normalized spacial score (nSPS) is 19.7. The molecule has 0 spiro atoms. The molecule has 6 heteroatoms. The predicted octanol–water partition coefficient (Wildman–Crippen LogP) is 1.19. The highest BCUT2D eigenvalue weighted by Gasteiger charge is 2.29. The fraction of sp³-hybridized carbons (Fsp3) is 0.667. The predicted molar refractivity (Wildman–Crippen MR) is 73.7 cm³/mol. The van der Waals surface area contributed by atoms with E-state index in [1.807, 2.05) is 0 Å². The van der Waals surface area contributed by atoms with Crippen LogP contribution in [0.4, 0.5) is 5.13 Å². The standard InChI is InChI=1S/C12H20N4OS/c1-12(3-5-16(2)6-4-12)8-14-10(17)9-7-18-11(13)15-9/h7H,3-6,8H2,1-2H3,(H2,13,15)(H,14,17). The lowest BCUT2D eigenvalue weighted by atomic mass is 9.80. The van der Waals surface area contributed by atoms with Gasteiger partial charge in [0.15, 0.2) is 5.13 Å². The first-order chi connectivity index (χ1) is 8.48. The fourth-order valence-corrected chi connectivity index (χ4v) is 2.65. The number of likely N-dealkylation sites (tertiary alicyclic amines) is 1. The third-order valence-corrected chi connectivity index (χ3v) is 4.30. The summed E-state index contributed by atoms with van der Waals surface area (Å²) in [6, 6.07) is 0. The Morgan fingerprint density at radius 2 is 2.28 bits per heavy atom. The first kappa shape index (κ1) is 13.3. The maximum absolute atomic E-state index is 11.9.